The molecule has 5 heterocycles. The third-order valence-corrected chi connectivity index (χ3v) is 5.52. The topological polar surface area (TPSA) is 102 Å². The second kappa shape index (κ2) is 6.97. The van der Waals surface area contributed by atoms with Crippen LogP contribution >= 0.6 is 0 Å². The molecular weight excluding hydrogens is 364 g/mol. The van der Waals surface area contributed by atoms with Crippen LogP contribution in [-0.4, -0.2) is 49.1 Å². The smallest absolute Gasteiger partial charge is 0.132 e. The monoisotopic (exact) mass is 388 g/mol. The molecule has 4 aromatic heterocycles. The molecule has 1 fully saturated rings. The number of nitrogens with zero attached hydrogens (tertiary/aromatic N) is 6. The number of fused-ring (bicyclic) bond motifs is 1. The van der Waals surface area contributed by atoms with Crippen LogP contribution in [0.15, 0.2) is 36.8 Å². The maximum atomic E-state index is 6.19. The molecule has 0 aliphatic carbocycles. The predicted octanol–water partition coefficient (Wildman–Crippen LogP) is 2.66. The third kappa shape index (κ3) is 3.25. The molecule has 0 unspecified atom stereocenters. The lowest BCUT2D eigenvalue weighted by Crippen LogP contribution is -2.43. The molecule has 8 nitrogen and oxygen atoms in total. The molecule has 3 N–H and O–H groups in total. The van der Waals surface area contributed by atoms with Crippen molar-refractivity contribution in [1.29, 1.82) is 0 Å². The van der Waals surface area contributed by atoms with Gasteiger partial charge in [0, 0.05) is 43.3 Å². The van der Waals surface area contributed by atoms with Gasteiger partial charge in [0.2, 0.25) is 0 Å². The van der Waals surface area contributed by atoms with Crippen LogP contribution in [0.2, 0.25) is 0 Å². The number of hydrogen-bond acceptors (Lipinski definition) is 6. The Morgan fingerprint density at radius 1 is 1.21 bits per heavy atom. The zero-order valence-corrected chi connectivity index (χ0v) is 16.6. The van der Waals surface area contributed by atoms with E-state index in [2.05, 4.69) is 38.2 Å². The lowest BCUT2D eigenvalue weighted by Gasteiger charge is -2.32. The highest BCUT2D eigenvalue weighted by Gasteiger charge is 2.21. The van der Waals surface area contributed by atoms with E-state index in [1.54, 1.807) is 4.68 Å². The first-order valence-electron chi connectivity index (χ1n) is 9.90. The standard InChI is InChI=1S/C21H24N8/c1-13-5-6-17(25-21(13)29-7-3-4-15(22)12-29)20-16-8-18(14-9-24-28(2)11-14)23-10-19(16)26-27-20/h5-6,8-11,15H,3-4,7,12,22H2,1-2H3,(H,26,27)/t15-/m0/s1. The van der Waals surface area contributed by atoms with Gasteiger partial charge in [-0.1, -0.05) is 6.07 Å². The van der Waals surface area contributed by atoms with Gasteiger partial charge in [0.05, 0.1) is 29.3 Å². The highest BCUT2D eigenvalue weighted by Crippen LogP contribution is 2.30. The molecule has 1 aliphatic rings. The first-order chi connectivity index (χ1) is 14.1. The van der Waals surface area contributed by atoms with E-state index < -0.39 is 0 Å². The van der Waals surface area contributed by atoms with Crippen molar-refractivity contribution in [3.05, 3.63) is 42.4 Å². The molecule has 0 radical (unpaired) electrons. The summed E-state index contributed by atoms with van der Waals surface area (Å²) < 4.78 is 1.77. The van der Waals surface area contributed by atoms with Crippen molar-refractivity contribution in [2.24, 2.45) is 12.8 Å². The van der Waals surface area contributed by atoms with Gasteiger partial charge in [0.1, 0.15) is 11.5 Å². The summed E-state index contributed by atoms with van der Waals surface area (Å²) >= 11 is 0. The summed E-state index contributed by atoms with van der Waals surface area (Å²) in [6.07, 6.45) is 7.75. The SMILES string of the molecule is Cc1ccc(-c2n[nH]c3cnc(-c4cnn(C)c4)cc23)nc1N1CCC[C@H](N)C1. The number of piperidine rings is 1. The van der Waals surface area contributed by atoms with Crippen molar-refractivity contribution in [3.8, 4) is 22.6 Å². The normalized spacial score (nSPS) is 17.2. The molecule has 1 atom stereocenters. The molecule has 0 aromatic carbocycles. The van der Waals surface area contributed by atoms with Crippen molar-refractivity contribution in [2.45, 2.75) is 25.8 Å². The maximum absolute atomic E-state index is 6.19. The third-order valence-electron chi connectivity index (χ3n) is 5.52. The fourth-order valence-electron chi connectivity index (χ4n) is 4.00. The molecule has 0 bridgehead atoms. The number of aromatic nitrogens is 6. The number of rotatable bonds is 3. The maximum Gasteiger partial charge on any atom is 0.132 e. The zero-order valence-electron chi connectivity index (χ0n) is 16.6. The summed E-state index contributed by atoms with van der Waals surface area (Å²) in [7, 11) is 1.90. The number of pyridine rings is 2. The fourth-order valence-corrected chi connectivity index (χ4v) is 4.00. The minimum absolute atomic E-state index is 0.202. The second-order valence-corrected chi connectivity index (χ2v) is 7.78. The molecule has 8 heteroatoms. The van der Waals surface area contributed by atoms with Gasteiger partial charge in [-0.2, -0.15) is 10.2 Å². The van der Waals surface area contributed by atoms with E-state index in [0.29, 0.717) is 0 Å². The Bertz CT molecular complexity index is 1170. The second-order valence-electron chi connectivity index (χ2n) is 7.78. The molecule has 0 saturated carbocycles. The number of nitrogens with one attached hydrogen (secondary N) is 1. The van der Waals surface area contributed by atoms with Gasteiger partial charge in [0.25, 0.3) is 0 Å². The molecule has 148 valence electrons. The van der Waals surface area contributed by atoms with Gasteiger partial charge < -0.3 is 10.6 Å². The van der Waals surface area contributed by atoms with E-state index in [4.69, 9.17) is 10.7 Å². The van der Waals surface area contributed by atoms with E-state index in [0.717, 1.165) is 70.9 Å². The van der Waals surface area contributed by atoms with E-state index in [1.807, 2.05) is 37.8 Å². The van der Waals surface area contributed by atoms with E-state index in [-0.39, 0.29) is 6.04 Å². The molecule has 0 amide bonds. The summed E-state index contributed by atoms with van der Waals surface area (Å²) in [5.41, 5.74) is 11.7. The molecule has 1 aliphatic heterocycles. The number of hydrogen-bond donors (Lipinski definition) is 2. The number of H-pyrrole nitrogens is 1. The Morgan fingerprint density at radius 3 is 2.90 bits per heavy atom. The van der Waals surface area contributed by atoms with Crippen molar-refractivity contribution in [2.75, 3.05) is 18.0 Å². The minimum atomic E-state index is 0.202. The summed E-state index contributed by atoms with van der Waals surface area (Å²) in [6.45, 7) is 3.92. The van der Waals surface area contributed by atoms with Crippen LogP contribution in [0.25, 0.3) is 33.5 Å². The van der Waals surface area contributed by atoms with Crippen LogP contribution in [0, 0.1) is 6.92 Å². The molecule has 0 spiro atoms. The fraction of sp³-hybridized carbons (Fsp3) is 0.333. The number of anilines is 1. The summed E-state index contributed by atoms with van der Waals surface area (Å²) in [5, 5.41) is 12.9. The van der Waals surface area contributed by atoms with Gasteiger partial charge in [-0.3, -0.25) is 14.8 Å². The largest absolute Gasteiger partial charge is 0.355 e. The van der Waals surface area contributed by atoms with Crippen molar-refractivity contribution < 1.29 is 0 Å². The van der Waals surface area contributed by atoms with Crippen LogP contribution in [-0.2, 0) is 7.05 Å². The van der Waals surface area contributed by atoms with E-state index in [1.165, 1.54) is 0 Å². The highest BCUT2D eigenvalue weighted by molar-refractivity contribution is 5.93. The van der Waals surface area contributed by atoms with Crippen LogP contribution in [0.3, 0.4) is 0 Å². The first kappa shape index (κ1) is 17.8. The van der Waals surface area contributed by atoms with Crippen LogP contribution < -0.4 is 10.6 Å². The van der Waals surface area contributed by atoms with Gasteiger partial charge >= 0.3 is 0 Å². The Balaban J connectivity index is 1.57. The Labute approximate surface area is 168 Å². The quantitative estimate of drug-likeness (QED) is 0.559. The Morgan fingerprint density at radius 2 is 2.10 bits per heavy atom. The number of aryl methyl sites for hydroxylation is 2. The highest BCUT2D eigenvalue weighted by atomic mass is 15.2. The lowest BCUT2D eigenvalue weighted by atomic mass is 10.1. The Kier molecular flexibility index (Phi) is 4.28. The zero-order chi connectivity index (χ0) is 20.0. The van der Waals surface area contributed by atoms with Crippen LogP contribution in [0.1, 0.15) is 18.4 Å². The van der Waals surface area contributed by atoms with Gasteiger partial charge in [0.15, 0.2) is 0 Å². The minimum Gasteiger partial charge on any atom is -0.355 e. The molecule has 4 aromatic rings. The van der Waals surface area contributed by atoms with Gasteiger partial charge in [-0.15, -0.1) is 0 Å². The van der Waals surface area contributed by atoms with Crippen LogP contribution in [0.4, 0.5) is 5.82 Å². The van der Waals surface area contributed by atoms with Gasteiger partial charge in [-0.05, 0) is 37.5 Å². The average Bonchev–Trinajstić information content (AvgIpc) is 3.34. The predicted molar refractivity (Wildman–Crippen MR) is 113 cm³/mol. The lowest BCUT2D eigenvalue weighted by molar-refractivity contribution is 0.502. The Hall–Kier alpha value is -3.26. The van der Waals surface area contributed by atoms with Gasteiger partial charge in [-0.25, -0.2) is 4.98 Å². The van der Waals surface area contributed by atoms with Crippen molar-refractivity contribution in [3.63, 3.8) is 0 Å². The van der Waals surface area contributed by atoms with Crippen LogP contribution in [0.5, 0.6) is 0 Å². The van der Waals surface area contributed by atoms with Crippen molar-refractivity contribution in [1.82, 2.24) is 29.9 Å². The number of aromatic amines is 1. The van der Waals surface area contributed by atoms with E-state index >= 15 is 0 Å². The summed E-state index contributed by atoms with van der Waals surface area (Å²) in [6, 6.07) is 6.39. The summed E-state index contributed by atoms with van der Waals surface area (Å²) in [5.74, 6) is 0.996. The molecule has 1 saturated heterocycles. The molecule has 29 heavy (non-hydrogen) atoms. The molecular formula is C21H24N8. The summed E-state index contributed by atoms with van der Waals surface area (Å²) in [4.78, 5) is 11.8. The van der Waals surface area contributed by atoms with Crippen molar-refractivity contribution >= 4 is 16.7 Å². The molecule has 5 rings (SSSR count). The number of nitrogens with two attached hydrogens (primary N) is 1. The average molecular weight is 388 g/mol. The first-order valence-corrected chi connectivity index (χ1v) is 9.90. The van der Waals surface area contributed by atoms with E-state index in [9.17, 15) is 0 Å².